The number of hydrogen-bond donors (Lipinski definition) is 1. The Labute approximate surface area is 182 Å². The number of amides is 1. The molecule has 1 fully saturated rings. The molecule has 0 atom stereocenters. The van der Waals surface area contributed by atoms with E-state index in [4.69, 9.17) is 5.41 Å². The van der Waals surface area contributed by atoms with Crippen molar-refractivity contribution in [3.8, 4) is 0 Å². The van der Waals surface area contributed by atoms with Gasteiger partial charge in [-0.3, -0.25) is 4.79 Å². The van der Waals surface area contributed by atoms with E-state index in [0.717, 1.165) is 17.5 Å². The molecule has 1 N–H and O–H groups in total. The van der Waals surface area contributed by atoms with Crippen LogP contribution in [0.25, 0.3) is 0 Å². The standard InChI is InChI=1S/C23H20F3N5O/c1-30-13-28-29-20(30)11-22(9-15(27)10-22)14-4-2-5-16(8-14)31-12-18-17(21(31)32)6-3-7-19(18)23(24,25)26/h2-8,13,27H,9-12H2,1H3. The molecular weight excluding hydrogens is 419 g/mol. The first kappa shape index (κ1) is 20.4. The van der Waals surface area contributed by atoms with Crippen LogP contribution in [0.4, 0.5) is 18.9 Å². The van der Waals surface area contributed by atoms with Gasteiger partial charge in [0.2, 0.25) is 0 Å². The van der Waals surface area contributed by atoms with E-state index >= 15 is 0 Å². The van der Waals surface area contributed by atoms with Crippen molar-refractivity contribution in [3.05, 3.63) is 76.9 Å². The number of carbonyl (C=O) groups excluding carboxylic acids is 1. The molecule has 1 aliphatic heterocycles. The second-order valence-corrected chi connectivity index (χ2v) is 8.54. The van der Waals surface area contributed by atoms with E-state index in [0.29, 0.717) is 30.7 Å². The topological polar surface area (TPSA) is 74.9 Å². The summed E-state index contributed by atoms with van der Waals surface area (Å²) in [5.41, 5.74) is 1.10. The maximum absolute atomic E-state index is 13.5. The molecule has 1 saturated carbocycles. The number of nitrogens with one attached hydrogen (secondary N) is 1. The van der Waals surface area contributed by atoms with Crippen LogP contribution in [0.5, 0.6) is 0 Å². The van der Waals surface area contributed by atoms with Crippen molar-refractivity contribution in [2.45, 2.75) is 37.4 Å². The van der Waals surface area contributed by atoms with Crippen LogP contribution in [0.15, 0.2) is 48.8 Å². The van der Waals surface area contributed by atoms with Gasteiger partial charge in [0.05, 0.1) is 12.1 Å². The number of anilines is 1. The molecule has 0 unspecified atom stereocenters. The number of alkyl halides is 3. The summed E-state index contributed by atoms with van der Waals surface area (Å²) in [7, 11) is 1.86. The van der Waals surface area contributed by atoms with Crippen LogP contribution < -0.4 is 4.90 Å². The molecule has 5 rings (SSSR count). The van der Waals surface area contributed by atoms with Gasteiger partial charge in [0.15, 0.2) is 0 Å². The van der Waals surface area contributed by atoms with Crippen molar-refractivity contribution in [3.63, 3.8) is 0 Å². The molecule has 0 bridgehead atoms. The summed E-state index contributed by atoms with van der Waals surface area (Å²) in [6.45, 7) is -0.126. The Morgan fingerprint density at radius 1 is 1.16 bits per heavy atom. The lowest BCUT2D eigenvalue weighted by Gasteiger charge is -2.43. The third-order valence-corrected chi connectivity index (χ3v) is 6.45. The molecule has 164 valence electrons. The van der Waals surface area contributed by atoms with E-state index in [1.54, 1.807) is 12.4 Å². The summed E-state index contributed by atoms with van der Waals surface area (Å²) >= 11 is 0. The fourth-order valence-corrected chi connectivity index (χ4v) is 4.78. The average molecular weight is 439 g/mol. The van der Waals surface area contributed by atoms with Crippen LogP contribution in [0.1, 0.15) is 45.7 Å². The molecule has 1 aliphatic carbocycles. The molecule has 3 aromatic rings. The Kier molecular flexibility index (Phi) is 4.47. The van der Waals surface area contributed by atoms with Crippen molar-refractivity contribution in [1.82, 2.24) is 14.8 Å². The van der Waals surface area contributed by atoms with Crippen molar-refractivity contribution in [2.24, 2.45) is 7.05 Å². The Hall–Kier alpha value is -3.49. The molecule has 1 aromatic heterocycles. The van der Waals surface area contributed by atoms with E-state index in [2.05, 4.69) is 10.2 Å². The molecule has 2 heterocycles. The summed E-state index contributed by atoms with van der Waals surface area (Å²) < 4.78 is 42.2. The predicted molar refractivity (Wildman–Crippen MR) is 112 cm³/mol. The van der Waals surface area contributed by atoms with Crippen LogP contribution in [0, 0.1) is 5.41 Å². The number of aryl methyl sites for hydroxylation is 1. The van der Waals surface area contributed by atoms with E-state index in [-0.39, 0.29) is 23.1 Å². The molecular formula is C23H20F3N5O. The second-order valence-electron chi connectivity index (χ2n) is 8.54. The van der Waals surface area contributed by atoms with Crippen LogP contribution in [-0.4, -0.2) is 26.4 Å². The van der Waals surface area contributed by atoms with E-state index in [1.165, 1.54) is 17.0 Å². The van der Waals surface area contributed by atoms with Crippen molar-refractivity contribution >= 4 is 17.3 Å². The van der Waals surface area contributed by atoms with Gasteiger partial charge in [-0.1, -0.05) is 18.2 Å². The summed E-state index contributed by atoms with van der Waals surface area (Å²) in [4.78, 5) is 14.4. The highest BCUT2D eigenvalue weighted by Gasteiger charge is 2.44. The molecule has 32 heavy (non-hydrogen) atoms. The lowest BCUT2D eigenvalue weighted by atomic mass is 9.61. The number of halogens is 3. The van der Waals surface area contributed by atoms with Gasteiger partial charge in [-0.15, -0.1) is 10.2 Å². The van der Waals surface area contributed by atoms with Gasteiger partial charge in [0, 0.05) is 35.8 Å². The van der Waals surface area contributed by atoms with E-state index < -0.39 is 17.6 Å². The lowest BCUT2D eigenvalue weighted by Crippen LogP contribution is -2.44. The fourth-order valence-electron chi connectivity index (χ4n) is 4.78. The van der Waals surface area contributed by atoms with Gasteiger partial charge in [-0.05, 0) is 48.2 Å². The molecule has 2 aliphatic rings. The molecule has 9 heteroatoms. The van der Waals surface area contributed by atoms with Crippen LogP contribution in [0.2, 0.25) is 0 Å². The highest BCUT2D eigenvalue weighted by molar-refractivity contribution is 6.10. The first-order valence-corrected chi connectivity index (χ1v) is 10.2. The van der Waals surface area contributed by atoms with Gasteiger partial charge < -0.3 is 14.9 Å². The zero-order valence-electron chi connectivity index (χ0n) is 17.3. The number of rotatable bonds is 4. The zero-order valence-corrected chi connectivity index (χ0v) is 17.3. The molecule has 0 radical (unpaired) electrons. The predicted octanol–water partition coefficient (Wildman–Crippen LogP) is 4.29. The minimum Gasteiger partial charge on any atom is -0.321 e. The number of fused-ring (bicyclic) bond motifs is 1. The third kappa shape index (κ3) is 3.19. The number of aromatic nitrogens is 3. The van der Waals surface area contributed by atoms with Crippen LogP contribution in [-0.2, 0) is 31.6 Å². The Morgan fingerprint density at radius 2 is 1.91 bits per heavy atom. The smallest absolute Gasteiger partial charge is 0.321 e. The van der Waals surface area contributed by atoms with Gasteiger partial charge in [-0.25, -0.2) is 0 Å². The largest absolute Gasteiger partial charge is 0.416 e. The average Bonchev–Trinajstić information content (AvgIpc) is 3.29. The zero-order chi connectivity index (χ0) is 22.7. The molecule has 2 aromatic carbocycles. The van der Waals surface area contributed by atoms with Crippen LogP contribution >= 0.6 is 0 Å². The number of carbonyl (C=O) groups is 1. The highest BCUT2D eigenvalue weighted by atomic mass is 19.4. The minimum atomic E-state index is -4.52. The van der Waals surface area contributed by atoms with Crippen molar-refractivity contribution < 1.29 is 18.0 Å². The third-order valence-electron chi connectivity index (χ3n) is 6.45. The molecule has 0 saturated heterocycles. The summed E-state index contributed by atoms with van der Waals surface area (Å²) in [5, 5.41) is 16.1. The molecule has 1 amide bonds. The van der Waals surface area contributed by atoms with Crippen LogP contribution in [0.3, 0.4) is 0 Å². The van der Waals surface area contributed by atoms with Gasteiger partial charge in [0.25, 0.3) is 5.91 Å². The first-order valence-electron chi connectivity index (χ1n) is 10.2. The number of nitrogens with zero attached hydrogens (tertiary/aromatic N) is 4. The fraction of sp³-hybridized carbons (Fsp3) is 0.304. The van der Waals surface area contributed by atoms with Crippen molar-refractivity contribution in [2.75, 3.05) is 4.90 Å². The lowest BCUT2D eigenvalue weighted by molar-refractivity contribution is -0.138. The second kappa shape index (κ2) is 7.01. The first-order chi connectivity index (χ1) is 15.2. The summed E-state index contributed by atoms with van der Waals surface area (Å²) in [6, 6.07) is 11.1. The quantitative estimate of drug-likeness (QED) is 0.659. The number of hydrogen-bond acceptors (Lipinski definition) is 4. The van der Waals surface area contributed by atoms with E-state index in [9.17, 15) is 18.0 Å². The summed E-state index contributed by atoms with van der Waals surface area (Å²) in [5.74, 6) is 0.356. The highest BCUT2D eigenvalue weighted by Crippen LogP contribution is 2.45. The molecule has 0 spiro atoms. The monoisotopic (exact) mass is 439 g/mol. The van der Waals surface area contributed by atoms with Crippen molar-refractivity contribution in [1.29, 1.82) is 5.41 Å². The SMILES string of the molecule is Cn1cnnc1CC1(c2cccc(N3Cc4c(cccc4C(F)(F)F)C3=O)c2)CC(=N)C1. The Balaban J connectivity index is 1.50. The van der Waals surface area contributed by atoms with Gasteiger partial charge >= 0.3 is 6.18 Å². The maximum Gasteiger partial charge on any atom is 0.416 e. The Bertz CT molecular complexity index is 1240. The Morgan fingerprint density at radius 3 is 2.56 bits per heavy atom. The van der Waals surface area contributed by atoms with E-state index in [1.807, 2.05) is 29.8 Å². The van der Waals surface area contributed by atoms with Gasteiger partial charge in [0.1, 0.15) is 12.2 Å². The molecule has 6 nitrogen and oxygen atoms in total. The normalized spacial score (nSPS) is 20.4. The number of benzene rings is 2. The maximum atomic E-state index is 13.5. The minimum absolute atomic E-state index is 0.00891. The van der Waals surface area contributed by atoms with Gasteiger partial charge in [-0.2, -0.15) is 13.2 Å². The summed E-state index contributed by atoms with van der Waals surface area (Å²) in [6.07, 6.45) is -1.18.